The Labute approximate surface area is 176 Å². The van der Waals surface area contributed by atoms with Gasteiger partial charge in [0.05, 0.1) is 12.8 Å². The molecule has 9 heteroatoms. The Hall–Kier alpha value is -2.78. The van der Waals surface area contributed by atoms with E-state index >= 15 is 0 Å². The third kappa shape index (κ3) is 4.22. The Kier molecular flexibility index (Phi) is 5.57. The van der Waals surface area contributed by atoms with Crippen molar-refractivity contribution in [3.05, 3.63) is 48.0 Å². The summed E-state index contributed by atoms with van der Waals surface area (Å²) in [5.74, 6) is 0.201. The Morgan fingerprint density at radius 2 is 1.80 bits per heavy atom. The average molecular weight is 432 g/mol. The minimum absolute atomic E-state index is 0.0180. The van der Waals surface area contributed by atoms with Crippen LogP contribution in [0.5, 0.6) is 11.5 Å². The van der Waals surface area contributed by atoms with E-state index in [1.54, 1.807) is 23.1 Å². The van der Waals surface area contributed by atoms with Crippen molar-refractivity contribution in [2.75, 3.05) is 38.2 Å². The second-order valence-corrected chi connectivity index (χ2v) is 9.21. The summed E-state index contributed by atoms with van der Waals surface area (Å²) < 4.78 is 33.2. The van der Waals surface area contributed by atoms with E-state index in [-0.39, 0.29) is 28.3 Å². The quantitative estimate of drug-likeness (QED) is 0.724. The minimum atomic E-state index is -3.76. The van der Waals surface area contributed by atoms with Crippen LogP contribution >= 0.6 is 0 Å². The smallest absolute Gasteiger partial charge is 0.254 e. The number of piperazine rings is 1. The number of sulfonamides is 1. The summed E-state index contributed by atoms with van der Waals surface area (Å²) in [7, 11) is -2.35. The predicted molar refractivity (Wildman–Crippen MR) is 113 cm³/mol. The number of carbonyl (C=O) groups excluding carboxylic acids is 1. The summed E-state index contributed by atoms with van der Waals surface area (Å²) in [5.41, 5.74) is 1.05. The van der Waals surface area contributed by atoms with Crippen molar-refractivity contribution in [2.24, 2.45) is 0 Å². The van der Waals surface area contributed by atoms with Crippen LogP contribution in [0, 0.1) is 0 Å². The molecule has 2 aliphatic rings. The SMILES string of the molecule is COc1ccc(C(=O)N2CCN(c3ccccc3O)CC2)cc1S(=O)(=O)NC1CC1. The third-order valence-electron chi connectivity index (χ3n) is 5.39. The first-order chi connectivity index (χ1) is 14.4. The number of aromatic hydroxyl groups is 1. The van der Waals surface area contributed by atoms with Crippen molar-refractivity contribution in [1.82, 2.24) is 9.62 Å². The Morgan fingerprint density at radius 1 is 1.10 bits per heavy atom. The summed E-state index contributed by atoms with van der Waals surface area (Å²) >= 11 is 0. The number of hydrogen-bond donors (Lipinski definition) is 2. The number of ether oxygens (including phenoxy) is 1. The standard InChI is InChI=1S/C21H25N3O5S/c1-29-19-9-6-15(14-20(19)30(27,28)22-16-7-8-16)21(26)24-12-10-23(11-13-24)17-4-2-3-5-18(17)25/h2-6,9,14,16,22,25H,7-8,10-13H2,1H3. The molecule has 0 spiro atoms. The highest BCUT2D eigenvalue weighted by Gasteiger charge is 2.31. The van der Waals surface area contributed by atoms with Crippen LogP contribution in [0.4, 0.5) is 5.69 Å². The Bertz CT molecular complexity index is 1040. The molecule has 1 aliphatic carbocycles. The van der Waals surface area contributed by atoms with Gasteiger partial charge in [-0.2, -0.15) is 0 Å². The maximum Gasteiger partial charge on any atom is 0.254 e. The largest absolute Gasteiger partial charge is 0.506 e. The molecule has 0 bridgehead atoms. The normalized spacial score (nSPS) is 17.1. The van der Waals surface area contributed by atoms with E-state index in [1.165, 1.54) is 19.2 Å². The zero-order valence-corrected chi connectivity index (χ0v) is 17.6. The first kappa shape index (κ1) is 20.5. The number of rotatable bonds is 6. The van der Waals surface area contributed by atoms with Gasteiger partial charge >= 0.3 is 0 Å². The van der Waals surface area contributed by atoms with E-state index < -0.39 is 10.0 Å². The molecule has 8 nitrogen and oxygen atoms in total. The van der Waals surface area contributed by atoms with Crippen LogP contribution in [0.2, 0.25) is 0 Å². The highest BCUT2D eigenvalue weighted by atomic mass is 32.2. The summed E-state index contributed by atoms with van der Waals surface area (Å²) in [6.07, 6.45) is 1.64. The number of nitrogens with one attached hydrogen (secondary N) is 1. The fraction of sp³-hybridized carbons (Fsp3) is 0.381. The van der Waals surface area contributed by atoms with Gasteiger partial charge in [-0.15, -0.1) is 0 Å². The number of carbonyl (C=O) groups is 1. The molecule has 1 saturated carbocycles. The number of phenols is 1. The van der Waals surface area contributed by atoms with Crippen LogP contribution in [-0.4, -0.2) is 63.7 Å². The van der Waals surface area contributed by atoms with Crippen molar-refractivity contribution in [2.45, 2.75) is 23.8 Å². The molecule has 30 heavy (non-hydrogen) atoms. The second kappa shape index (κ2) is 8.16. The van der Waals surface area contributed by atoms with Crippen molar-refractivity contribution < 1.29 is 23.1 Å². The molecule has 1 heterocycles. The Morgan fingerprint density at radius 3 is 2.43 bits per heavy atom. The number of amides is 1. The topological polar surface area (TPSA) is 99.2 Å². The molecule has 160 valence electrons. The van der Waals surface area contributed by atoms with E-state index in [2.05, 4.69) is 4.72 Å². The van der Waals surface area contributed by atoms with Gasteiger partial charge in [0.1, 0.15) is 16.4 Å². The van der Waals surface area contributed by atoms with Crippen LogP contribution in [0.15, 0.2) is 47.4 Å². The van der Waals surface area contributed by atoms with Crippen LogP contribution in [0.25, 0.3) is 0 Å². The molecule has 2 fully saturated rings. The van der Waals surface area contributed by atoms with Gasteiger partial charge in [0.2, 0.25) is 10.0 Å². The van der Waals surface area contributed by atoms with E-state index in [9.17, 15) is 18.3 Å². The zero-order valence-electron chi connectivity index (χ0n) is 16.7. The van der Waals surface area contributed by atoms with Gasteiger partial charge in [-0.25, -0.2) is 13.1 Å². The molecular formula is C21H25N3O5S. The van der Waals surface area contributed by atoms with Crippen molar-refractivity contribution >= 4 is 21.6 Å². The third-order valence-corrected chi connectivity index (χ3v) is 6.93. The fourth-order valence-electron chi connectivity index (χ4n) is 3.57. The van der Waals surface area contributed by atoms with E-state index in [4.69, 9.17) is 4.74 Å². The maximum absolute atomic E-state index is 13.0. The van der Waals surface area contributed by atoms with E-state index in [1.807, 2.05) is 17.0 Å². The molecule has 2 aromatic carbocycles. The lowest BCUT2D eigenvalue weighted by Gasteiger charge is -2.36. The minimum Gasteiger partial charge on any atom is -0.506 e. The molecule has 0 unspecified atom stereocenters. The lowest BCUT2D eigenvalue weighted by Crippen LogP contribution is -2.48. The molecule has 1 amide bonds. The number of methoxy groups -OCH3 is 1. The maximum atomic E-state index is 13.0. The number of nitrogens with zero attached hydrogens (tertiary/aromatic N) is 2. The molecule has 0 radical (unpaired) electrons. The van der Waals surface area contributed by atoms with Gasteiger partial charge in [-0.1, -0.05) is 12.1 Å². The van der Waals surface area contributed by atoms with Gasteiger partial charge in [0.15, 0.2) is 0 Å². The van der Waals surface area contributed by atoms with E-state index in [0.29, 0.717) is 31.7 Å². The number of hydrogen-bond acceptors (Lipinski definition) is 6. The molecule has 1 aliphatic heterocycles. The van der Waals surface area contributed by atoms with Crippen molar-refractivity contribution in [1.29, 1.82) is 0 Å². The van der Waals surface area contributed by atoms with Crippen LogP contribution in [-0.2, 0) is 10.0 Å². The highest BCUT2D eigenvalue weighted by molar-refractivity contribution is 7.89. The van der Waals surface area contributed by atoms with E-state index in [0.717, 1.165) is 18.5 Å². The lowest BCUT2D eigenvalue weighted by atomic mass is 10.1. The van der Waals surface area contributed by atoms with Crippen LogP contribution in [0.3, 0.4) is 0 Å². The summed E-state index contributed by atoms with van der Waals surface area (Å²) in [6, 6.07) is 11.6. The number of para-hydroxylation sites is 2. The Balaban J connectivity index is 1.50. The molecule has 2 aromatic rings. The first-order valence-corrected chi connectivity index (χ1v) is 11.4. The molecule has 2 N–H and O–H groups in total. The second-order valence-electron chi connectivity index (χ2n) is 7.53. The van der Waals surface area contributed by atoms with Crippen LogP contribution in [0.1, 0.15) is 23.2 Å². The van der Waals surface area contributed by atoms with Crippen molar-refractivity contribution in [3.8, 4) is 11.5 Å². The average Bonchev–Trinajstić information content (AvgIpc) is 3.56. The van der Waals surface area contributed by atoms with Gasteiger partial charge in [0.25, 0.3) is 5.91 Å². The molecule has 0 atom stereocenters. The highest BCUT2D eigenvalue weighted by Crippen LogP contribution is 2.30. The monoisotopic (exact) mass is 431 g/mol. The van der Waals surface area contributed by atoms with Gasteiger partial charge in [0, 0.05) is 37.8 Å². The first-order valence-electron chi connectivity index (χ1n) is 9.91. The molecule has 4 rings (SSSR count). The fourth-order valence-corrected chi connectivity index (χ4v) is 5.07. The summed E-state index contributed by atoms with van der Waals surface area (Å²) in [5, 5.41) is 10.0. The number of phenolic OH excluding ortho intramolecular Hbond substituents is 1. The van der Waals surface area contributed by atoms with Crippen molar-refractivity contribution in [3.63, 3.8) is 0 Å². The molecule has 1 saturated heterocycles. The summed E-state index contributed by atoms with van der Waals surface area (Å²) in [4.78, 5) is 16.7. The molecular weight excluding hydrogens is 406 g/mol. The van der Waals surface area contributed by atoms with Gasteiger partial charge < -0.3 is 19.6 Å². The zero-order chi connectivity index (χ0) is 21.3. The predicted octanol–water partition coefficient (Wildman–Crippen LogP) is 1.80. The van der Waals surface area contributed by atoms with Crippen LogP contribution < -0.4 is 14.4 Å². The lowest BCUT2D eigenvalue weighted by molar-refractivity contribution is 0.0746. The number of benzene rings is 2. The van der Waals surface area contributed by atoms with Gasteiger partial charge in [-0.3, -0.25) is 4.79 Å². The number of anilines is 1. The molecule has 0 aromatic heterocycles. The summed E-state index contributed by atoms with van der Waals surface area (Å²) in [6.45, 7) is 2.10. The van der Waals surface area contributed by atoms with Gasteiger partial charge in [-0.05, 0) is 43.2 Å².